The summed E-state index contributed by atoms with van der Waals surface area (Å²) < 4.78 is 5.09. The second-order valence-corrected chi connectivity index (χ2v) is 7.05. The molecule has 1 aromatic carbocycles. The predicted molar refractivity (Wildman–Crippen MR) is 95.8 cm³/mol. The van der Waals surface area contributed by atoms with Crippen LogP contribution < -0.4 is 0 Å². The van der Waals surface area contributed by atoms with E-state index in [-0.39, 0.29) is 42.0 Å². The maximum absolute atomic E-state index is 12.5. The summed E-state index contributed by atoms with van der Waals surface area (Å²) in [5, 5.41) is 0.695. The van der Waals surface area contributed by atoms with Crippen molar-refractivity contribution in [2.75, 3.05) is 13.7 Å². The van der Waals surface area contributed by atoms with Crippen molar-refractivity contribution in [3.05, 3.63) is 34.9 Å². The van der Waals surface area contributed by atoms with E-state index < -0.39 is 0 Å². The van der Waals surface area contributed by atoms with E-state index in [4.69, 9.17) is 16.3 Å². The summed E-state index contributed by atoms with van der Waals surface area (Å²) >= 11 is 5.99. The Hall–Kier alpha value is -1.10. The van der Waals surface area contributed by atoms with E-state index in [1.807, 2.05) is 24.3 Å². The lowest BCUT2D eigenvalue weighted by Gasteiger charge is -2.43. The van der Waals surface area contributed by atoms with E-state index in [0.29, 0.717) is 17.6 Å². The summed E-state index contributed by atoms with van der Waals surface area (Å²) in [6.07, 6.45) is 2.86. The lowest BCUT2D eigenvalue weighted by atomic mass is 9.76. The molecule has 2 bridgehead atoms. The number of methoxy groups -OCH3 is 1. The summed E-state index contributed by atoms with van der Waals surface area (Å²) in [4.78, 5) is 26.3. The van der Waals surface area contributed by atoms with Gasteiger partial charge < -0.3 is 4.74 Å². The van der Waals surface area contributed by atoms with Crippen molar-refractivity contribution in [2.45, 2.75) is 44.2 Å². The number of hydrogen-bond donors (Lipinski definition) is 0. The number of hydrogen-bond acceptors (Lipinski definition) is 4. The molecule has 0 saturated carbocycles. The average molecular weight is 372 g/mol. The monoisotopic (exact) mass is 371 g/mol. The van der Waals surface area contributed by atoms with Crippen molar-refractivity contribution >= 4 is 35.8 Å². The van der Waals surface area contributed by atoms with E-state index in [9.17, 15) is 9.59 Å². The molecule has 4 atom stereocenters. The first-order valence-corrected chi connectivity index (χ1v) is 8.47. The summed E-state index contributed by atoms with van der Waals surface area (Å²) in [5.41, 5.74) is 1.13. The molecular formula is C18H23Cl2NO3. The normalized spacial score (nSPS) is 29.0. The van der Waals surface area contributed by atoms with Gasteiger partial charge in [-0.05, 0) is 43.9 Å². The Balaban J connectivity index is 0.00000208. The molecule has 2 heterocycles. The van der Waals surface area contributed by atoms with Crippen LogP contribution in [0.25, 0.3) is 0 Å². The van der Waals surface area contributed by atoms with Crippen molar-refractivity contribution in [1.82, 2.24) is 4.90 Å². The number of rotatable bonds is 4. The van der Waals surface area contributed by atoms with Gasteiger partial charge in [-0.1, -0.05) is 23.7 Å². The Kier molecular flexibility index (Phi) is 6.29. The van der Waals surface area contributed by atoms with Crippen LogP contribution in [0.4, 0.5) is 0 Å². The number of ketones is 1. The van der Waals surface area contributed by atoms with Gasteiger partial charge in [-0.15, -0.1) is 12.4 Å². The zero-order chi connectivity index (χ0) is 16.6. The third-order valence-corrected chi connectivity index (χ3v) is 5.49. The Morgan fingerprint density at radius 3 is 2.50 bits per heavy atom. The van der Waals surface area contributed by atoms with Crippen LogP contribution >= 0.6 is 24.0 Å². The molecule has 0 N–H and O–H groups in total. The first-order valence-electron chi connectivity index (χ1n) is 8.09. The highest BCUT2D eigenvalue weighted by Crippen LogP contribution is 2.47. The van der Waals surface area contributed by atoms with Crippen molar-refractivity contribution in [3.63, 3.8) is 0 Å². The fourth-order valence-electron chi connectivity index (χ4n) is 4.33. The molecule has 0 radical (unpaired) electrons. The lowest BCUT2D eigenvalue weighted by Crippen LogP contribution is -2.52. The third-order valence-electron chi connectivity index (χ3n) is 5.24. The molecule has 2 saturated heterocycles. The lowest BCUT2D eigenvalue weighted by molar-refractivity contribution is -0.151. The molecule has 0 spiro atoms. The van der Waals surface area contributed by atoms with Crippen LogP contribution in [0.3, 0.4) is 0 Å². The van der Waals surface area contributed by atoms with E-state index in [1.165, 1.54) is 7.11 Å². The third kappa shape index (κ3) is 3.61. The molecule has 2 aliphatic heterocycles. The van der Waals surface area contributed by atoms with Crippen molar-refractivity contribution in [2.24, 2.45) is 5.92 Å². The van der Waals surface area contributed by atoms with Crippen LogP contribution in [0, 0.1) is 5.92 Å². The summed E-state index contributed by atoms with van der Waals surface area (Å²) in [7, 11) is 1.44. The van der Waals surface area contributed by atoms with Gasteiger partial charge in [0.05, 0.1) is 19.6 Å². The van der Waals surface area contributed by atoms with E-state index in [2.05, 4.69) is 4.90 Å². The number of benzene rings is 1. The van der Waals surface area contributed by atoms with Gasteiger partial charge in [0.15, 0.2) is 0 Å². The van der Waals surface area contributed by atoms with Gasteiger partial charge in [0, 0.05) is 23.0 Å². The summed E-state index contributed by atoms with van der Waals surface area (Å²) in [5.74, 6) is -0.126. The van der Waals surface area contributed by atoms with Gasteiger partial charge in [-0.2, -0.15) is 0 Å². The number of Topliss-reactive ketones (excluding diaryl/α,β-unsaturated/α-hetero) is 1. The van der Waals surface area contributed by atoms with Gasteiger partial charge in [0.2, 0.25) is 0 Å². The van der Waals surface area contributed by atoms with Crippen LogP contribution in [0.1, 0.15) is 37.7 Å². The summed E-state index contributed by atoms with van der Waals surface area (Å²) in [6.45, 7) is 2.04. The minimum Gasteiger partial charge on any atom is -0.469 e. The maximum atomic E-state index is 12.5. The highest BCUT2D eigenvalue weighted by molar-refractivity contribution is 6.30. The molecule has 0 amide bonds. The average Bonchev–Trinajstić information content (AvgIpc) is 2.79. The van der Waals surface area contributed by atoms with E-state index in [1.54, 1.807) is 6.92 Å². The van der Waals surface area contributed by atoms with Crippen molar-refractivity contribution in [1.29, 1.82) is 0 Å². The standard InChI is InChI=1S/C18H22ClNO3.ClH/c1-11(21)10-20-14-7-8-16(20)17(18(22)23-2)15(9-14)12-3-5-13(19)6-4-12;/h3-6,14-17H,7-10H2,1-2H3;1H. The number of fused-ring (bicyclic) bond motifs is 2. The second-order valence-electron chi connectivity index (χ2n) is 6.62. The Bertz CT molecular complexity index is 605. The molecule has 0 aliphatic carbocycles. The minimum atomic E-state index is -0.223. The fraction of sp³-hybridized carbons (Fsp3) is 0.556. The van der Waals surface area contributed by atoms with Crippen LogP contribution in [0.15, 0.2) is 24.3 Å². The Morgan fingerprint density at radius 1 is 1.25 bits per heavy atom. The number of carbonyl (C=O) groups excluding carboxylic acids is 2. The molecule has 4 nitrogen and oxygen atoms in total. The molecule has 0 aromatic heterocycles. The van der Waals surface area contributed by atoms with Gasteiger partial charge in [0.1, 0.15) is 5.78 Å². The highest BCUT2D eigenvalue weighted by atomic mass is 35.5. The smallest absolute Gasteiger partial charge is 0.310 e. The number of halogens is 2. The molecule has 2 fully saturated rings. The number of ether oxygens (including phenoxy) is 1. The number of esters is 1. The van der Waals surface area contributed by atoms with Gasteiger partial charge in [-0.3, -0.25) is 14.5 Å². The van der Waals surface area contributed by atoms with Crippen LogP contribution in [-0.4, -0.2) is 42.4 Å². The Labute approximate surface area is 153 Å². The maximum Gasteiger partial charge on any atom is 0.310 e. The summed E-state index contributed by atoms with van der Waals surface area (Å²) in [6, 6.07) is 8.20. The topological polar surface area (TPSA) is 46.6 Å². The van der Waals surface area contributed by atoms with Gasteiger partial charge in [-0.25, -0.2) is 0 Å². The second kappa shape index (κ2) is 7.85. The highest BCUT2D eigenvalue weighted by Gasteiger charge is 2.51. The number of piperidine rings is 1. The minimum absolute atomic E-state index is 0. The number of nitrogens with zero attached hydrogens (tertiary/aromatic N) is 1. The van der Waals surface area contributed by atoms with E-state index >= 15 is 0 Å². The van der Waals surface area contributed by atoms with Crippen LogP contribution in [0.2, 0.25) is 5.02 Å². The largest absolute Gasteiger partial charge is 0.469 e. The van der Waals surface area contributed by atoms with Gasteiger partial charge >= 0.3 is 5.97 Å². The molecule has 24 heavy (non-hydrogen) atoms. The molecule has 3 rings (SSSR count). The quantitative estimate of drug-likeness (QED) is 0.760. The van der Waals surface area contributed by atoms with E-state index in [0.717, 1.165) is 24.8 Å². The number of carbonyl (C=O) groups is 2. The molecule has 6 heteroatoms. The zero-order valence-corrected chi connectivity index (χ0v) is 15.5. The SMILES string of the molecule is COC(=O)C1C(c2ccc(Cl)cc2)CC2CCC1N2CC(C)=O.Cl. The van der Waals surface area contributed by atoms with Crippen LogP contribution in [0.5, 0.6) is 0 Å². The zero-order valence-electron chi connectivity index (χ0n) is 13.9. The van der Waals surface area contributed by atoms with Crippen LogP contribution in [-0.2, 0) is 14.3 Å². The molecule has 132 valence electrons. The molecular weight excluding hydrogens is 349 g/mol. The predicted octanol–water partition coefficient (Wildman–Crippen LogP) is 3.46. The first kappa shape index (κ1) is 19.2. The van der Waals surface area contributed by atoms with Gasteiger partial charge in [0.25, 0.3) is 0 Å². The Morgan fingerprint density at radius 2 is 1.92 bits per heavy atom. The molecule has 2 aliphatic rings. The van der Waals surface area contributed by atoms with Crippen molar-refractivity contribution in [3.8, 4) is 0 Å². The fourth-order valence-corrected chi connectivity index (χ4v) is 4.45. The first-order chi connectivity index (χ1) is 11.0. The van der Waals surface area contributed by atoms with Crippen molar-refractivity contribution < 1.29 is 14.3 Å². The molecule has 4 unspecified atom stereocenters. The molecule has 1 aromatic rings.